The number of halogens is 1. The van der Waals surface area contributed by atoms with Crippen molar-refractivity contribution in [2.24, 2.45) is 0 Å². The maximum Gasteiger partial charge on any atom is 0.337 e. The van der Waals surface area contributed by atoms with Gasteiger partial charge in [-0.05, 0) is 30.7 Å². The molecule has 0 radical (unpaired) electrons. The first kappa shape index (κ1) is 13.2. The molecule has 2 aromatic carbocycles. The highest BCUT2D eigenvalue weighted by Crippen LogP contribution is 2.31. The van der Waals surface area contributed by atoms with Crippen LogP contribution in [0.2, 0.25) is 5.02 Å². The van der Waals surface area contributed by atoms with Gasteiger partial charge >= 0.3 is 5.97 Å². The number of nitrogen functional groups attached to an aromatic ring is 1. The van der Waals surface area contributed by atoms with E-state index in [-0.39, 0.29) is 11.3 Å². The average Bonchev–Trinajstić information content (AvgIpc) is 2.37. The number of carboxylic acid groups (broad SMARTS) is 1. The van der Waals surface area contributed by atoms with Crippen molar-refractivity contribution in [1.29, 1.82) is 0 Å². The largest absolute Gasteiger partial charge is 0.478 e. The summed E-state index contributed by atoms with van der Waals surface area (Å²) in [5.74, 6) is -1.06. The fraction of sp³-hybridized carbons (Fsp3) is 0.0714. The smallest absolute Gasteiger partial charge is 0.337 e. The molecule has 0 unspecified atom stereocenters. The third kappa shape index (κ3) is 2.63. The van der Waals surface area contributed by atoms with Gasteiger partial charge in [-0.3, -0.25) is 0 Å². The van der Waals surface area contributed by atoms with Gasteiger partial charge < -0.3 is 16.2 Å². The van der Waals surface area contributed by atoms with E-state index in [1.54, 1.807) is 12.1 Å². The molecule has 2 rings (SSSR count). The van der Waals surface area contributed by atoms with Crippen molar-refractivity contribution >= 4 is 34.6 Å². The zero-order chi connectivity index (χ0) is 14.0. The summed E-state index contributed by atoms with van der Waals surface area (Å²) in [5, 5.41) is 12.7. The summed E-state index contributed by atoms with van der Waals surface area (Å²) in [4.78, 5) is 11.0. The van der Waals surface area contributed by atoms with Crippen LogP contribution in [0.5, 0.6) is 0 Å². The number of aryl methyl sites for hydroxylation is 1. The van der Waals surface area contributed by atoms with Gasteiger partial charge in [-0.1, -0.05) is 29.8 Å². The van der Waals surface area contributed by atoms with Gasteiger partial charge in [0.15, 0.2) is 0 Å². The molecule has 0 aromatic heterocycles. The van der Waals surface area contributed by atoms with Crippen LogP contribution in [0.4, 0.5) is 17.1 Å². The Labute approximate surface area is 115 Å². The van der Waals surface area contributed by atoms with E-state index in [2.05, 4.69) is 5.32 Å². The van der Waals surface area contributed by atoms with E-state index in [0.717, 1.165) is 5.56 Å². The van der Waals surface area contributed by atoms with E-state index in [1.165, 1.54) is 6.07 Å². The number of carbonyl (C=O) groups is 1. The number of nitrogens with two attached hydrogens (primary N) is 1. The van der Waals surface area contributed by atoms with Crippen LogP contribution in [0.3, 0.4) is 0 Å². The van der Waals surface area contributed by atoms with Crippen molar-refractivity contribution in [3.63, 3.8) is 0 Å². The third-order valence-electron chi connectivity index (χ3n) is 2.80. The van der Waals surface area contributed by atoms with E-state index in [1.807, 2.05) is 25.1 Å². The number of para-hydroxylation sites is 1. The molecule has 0 fully saturated rings. The average molecular weight is 277 g/mol. The Hall–Kier alpha value is -2.20. The van der Waals surface area contributed by atoms with Gasteiger partial charge in [-0.2, -0.15) is 0 Å². The second kappa shape index (κ2) is 5.20. The molecule has 5 heteroatoms. The Morgan fingerprint density at radius 2 is 1.84 bits per heavy atom. The van der Waals surface area contributed by atoms with E-state index >= 15 is 0 Å². The summed E-state index contributed by atoms with van der Waals surface area (Å²) >= 11 is 6.18. The van der Waals surface area contributed by atoms with Crippen LogP contribution in [0, 0.1) is 6.92 Å². The van der Waals surface area contributed by atoms with Gasteiger partial charge in [0, 0.05) is 0 Å². The van der Waals surface area contributed by atoms with Gasteiger partial charge in [0.05, 0.1) is 27.6 Å². The fourth-order valence-electron chi connectivity index (χ4n) is 1.75. The SMILES string of the molecule is Cc1cccc(Nc2cccc(C(=O)O)c2N)c1Cl. The number of hydrogen-bond donors (Lipinski definition) is 3. The Morgan fingerprint density at radius 3 is 2.53 bits per heavy atom. The van der Waals surface area contributed by atoms with E-state index in [4.69, 9.17) is 22.4 Å². The van der Waals surface area contributed by atoms with Crippen molar-refractivity contribution in [1.82, 2.24) is 0 Å². The molecule has 0 saturated heterocycles. The summed E-state index contributed by atoms with van der Waals surface area (Å²) in [6.45, 7) is 1.89. The number of benzene rings is 2. The molecule has 4 nitrogen and oxygen atoms in total. The minimum absolute atomic E-state index is 0.0637. The first-order valence-corrected chi connectivity index (χ1v) is 6.02. The lowest BCUT2D eigenvalue weighted by Gasteiger charge is -2.13. The molecular weight excluding hydrogens is 264 g/mol. The lowest BCUT2D eigenvalue weighted by atomic mass is 10.1. The molecule has 2 aromatic rings. The predicted octanol–water partition coefficient (Wildman–Crippen LogP) is 3.67. The third-order valence-corrected chi connectivity index (χ3v) is 3.30. The number of rotatable bonds is 3. The van der Waals surface area contributed by atoms with E-state index in [0.29, 0.717) is 16.4 Å². The molecule has 0 bridgehead atoms. The van der Waals surface area contributed by atoms with Gasteiger partial charge in [0.2, 0.25) is 0 Å². The Morgan fingerprint density at radius 1 is 1.21 bits per heavy atom. The lowest BCUT2D eigenvalue weighted by molar-refractivity contribution is 0.0698. The van der Waals surface area contributed by atoms with Gasteiger partial charge in [0.25, 0.3) is 0 Å². The molecule has 19 heavy (non-hydrogen) atoms. The molecule has 0 aliphatic heterocycles. The van der Waals surface area contributed by atoms with E-state index < -0.39 is 5.97 Å². The summed E-state index contributed by atoms with van der Waals surface area (Å²) in [5.41, 5.74) is 8.23. The van der Waals surface area contributed by atoms with Crippen LogP contribution in [-0.2, 0) is 0 Å². The molecule has 0 aliphatic rings. The van der Waals surface area contributed by atoms with Crippen LogP contribution in [0.25, 0.3) is 0 Å². The van der Waals surface area contributed by atoms with Crippen LogP contribution >= 0.6 is 11.6 Å². The first-order valence-electron chi connectivity index (χ1n) is 5.64. The van der Waals surface area contributed by atoms with Crippen LogP contribution < -0.4 is 11.1 Å². The van der Waals surface area contributed by atoms with Gasteiger partial charge in [0.1, 0.15) is 0 Å². The van der Waals surface area contributed by atoms with Crippen molar-refractivity contribution in [3.8, 4) is 0 Å². The van der Waals surface area contributed by atoms with Gasteiger partial charge in [-0.15, -0.1) is 0 Å². The van der Waals surface area contributed by atoms with Crippen LogP contribution in [0.15, 0.2) is 36.4 Å². The minimum atomic E-state index is -1.06. The summed E-state index contributed by atoms with van der Waals surface area (Å²) in [6, 6.07) is 10.4. The first-order chi connectivity index (χ1) is 9.00. The molecule has 4 N–H and O–H groups in total. The van der Waals surface area contributed by atoms with E-state index in [9.17, 15) is 4.79 Å². The van der Waals surface area contributed by atoms with Crippen molar-refractivity contribution in [3.05, 3.63) is 52.5 Å². The Kier molecular flexibility index (Phi) is 3.62. The quantitative estimate of drug-likeness (QED) is 0.748. The molecule has 0 saturated carbocycles. The standard InChI is InChI=1S/C14H13ClN2O2/c1-8-4-2-6-10(12(8)15)17-11-7-3-5-9(13(11)16)14(18)19/h2-7,17H,16H2,1H3,(H,18,19). The number of anilines is 3. The predicted molar refractivity (Wildman–Crippen MR) is 77.3 cm³/mol. The normalized spacial score (nSPS) is 10.2. The Balaban J connectivity index is 2.42. The lowest BCUT2D eigenvalue weighted by Crippen LogP contribution is -2.05. The fourth-order valence-corrected chi connectivity index (χ4v) is 1.92. The van der Waals surface area contributed by atoms with Crippen molar-refractivity contribution in [2.75, 3.05) is 11.1 Å². The summed E-state index contributed by atoms with van der Waals surface area (Å²) in [7, 11) is 0. The molecular formula is C14H13ClN2O2. The molecule has 0 aliphatic carbocycles. The summed E-state index contributed by atoms with van der Waals surface area (Å²) < 4.78 is 0. The molecule has 0 atom stereocenters. The zero-order valence-corrected chi connectivity index (χ0v) is 11.0. The number of hydrogen-bond acceptors (Lipinski definition) is 3. The highest BCUT2D eigenvalue weighted by atomic mass is 35.5. The maximum absolute atomic E-state index is 11.0. The van der Waals surface area contributed by atoms with Crippen LogP contribution in [-0.4, -0.2) is 11.1 Å². The summed E-state index contributed by atoms with van der Waals surface area (Å²) in [6.07, 6.45) is 0. The maximum atomic E-state index is 11.0. The van der Waals surface area contributed by atoms with Crippen LogP contribution in [0.1, 0.15) is 15.9 Å². The second-order valence-corrected chi connectivity index (χ2v) is 4.51. The zero-order valence-electron chi connectivity index (χ0n) is 10.3. The number of aromatic carboxylic acids is 1. The molecule has 98 valence electrons. The molecule has 0 heterocycles. The van der Waals surface area contributed by atoms with Crippen molar-refractivity contribution < 1.29 is 9.90 Å². The highest BCUT2D eigenvalue weighted by Gasteiger charge is 2.12. The topological polar surface area (TPSA) is 75.3 Å². The second-order valence-electron chi connectivity index (χ2n) is 4.13. The molecule has 0 spiro atoms. The Bertz CT molecular complexity index is 641. The number of carboxylic acids is 1. The van der Waals surface area contributed by atoms with Crippen molar-refractivity contribution in [2.45, 2.75) is 6.92 Å². The number of nitrogens with one attached hydrogen (secondary N) is 1. The highest BCUT2D eigenvalue weighted by molar-refractivity contribution is 6.34. The molecule has 0 amide bonds. The van der Waals surface area contributed by atoms with Gasteiger partial charge in [-0.25, -0.2) is 4.79 Å². The monoisotopic (exact) mass is 276 g/mol. The minimum Gasteiger partial charge on any atom is -0.478 e.